The summed E-state index contributed by atoms with van der Waals surface area (Å²) in [6.45, 7) is 3.56. The van der Waals surface area contributed by atoms with E-state index in [0.717, 1.165) is 24.2 Å². The average molecular weight is 312 g/mol. The molecule has 2 rings (SSSR count). The highest BCUT2D eigenvalue weighted by Gasteiger charge is 2.11. The molecule has 2 aromatic carbocycles. The number of hydrogen-bond donors (Lipinski definition) is 2. The smallest absolute Gasteiger partial charge is 0.238 e. The number of carbonyl (C=O) groups excluding carboxylic acids is 1. The van der Waals surface area contributed by atoms with Crippen molar-refractivity contribution < 1.29 is 9.90 Å². The molecule has 0 aliphatic carbocycles. The predicted molar refractivity (Wildman–Crippen MR) is 93.5 cm³/mol. The quantitative estimate of drug-likeness (QED) is 0.787. The van der Waals surface area contributed by atoms with Gasteiger partial charge in [0.1, 0.15) is 0 Å². The summed E-state index contributed by atoms with van der Waals surface area (Å²) in [7, 11) is 0. The van der Waals surface area contributed by atoms with Crippen LogP contribution in [0.3, 0.4) is 0 Å². The molecule has 0 atom stereocenters. The Hall–Kier alpha value is -2.17. The Balaban J connectivity index is 1.86. The summed E-state index contributed by atoms with van der Waals surface area (Å²) in [5.41, 5.74) is 3.15. The Morgan fingerprint density at radius 2 is 1.87 bits per heavy atom. The van der Waals surface area contributed by atoms with Crippen LogP contribution >= 0.6 is 0 Å². The van der Waals surface area contributed by atoms with Crippen LogP contribution in [0.1, 0.15) is 11.1 Å². The molecule has 0 bridgehead atoms. The van der Waals surface area contributed by atoms with Crippen LogP contribution in [0, 0.1) is 6.92 Å². The molecule has 4 nitrogen and oxygen atoms in total. The molecule has 0 heterocycles. The fourth-order valence-electron chi connectivity index (χ4n) is 2.47. The molecule has 0 spiro atoms. The summed E-state index contributed by atoms with van der Waals surface area (Å²) in [6, 6.07) is 17.9. The topological polar surface area (TPSA) is 52.6 Å². The Labute approximate surface area is 137 Å². The standard InChI is InChI=1S/C19H24N2O2/c1-16-6-5-9-18(14-16)20-19(23)15-21(12-13-22)11-10-17-7-3-2-4-8-17/h2-9,14,22H,10-13,15H2,1H3,(H,20,23). The minimum absolute atomic E-state index is 0.0481. The second-order valence-corrected chi connectivity index (χ2v) is 5.65. The zero-order valence-corrected chi connectivity index (χ0v) is 13.5. The largest absolute Gasteiger partial charge is 0.395 e. The van der Waals surface area contributed by atoms with Crippen molar-refractivity contribution in [2.75, 3.05) is 31.6 Å². The molecule has 2 N–H and O–H groups in total. The lowest BCUT2D eigenvalue weighted by Crippen LogP contribution is -2.36. The van der Waals surface area contributed by atoms with Gasteiger partial charge in [0.2, 0.25) is 5.91 Å². The van der Waals surface area contributed by atoms with Crippen molar-refractivity contribution in [3.05, 3.63) is 65.7 Å². The van der Waals surface area contributed by atoms with E-state index >= 15 is 0 Å². The fraction of sp³-hybridized carbons (Fsp3) is 0.316. The fourth-order valence-corrected chi connectivity index (χ4v) is 2.47. The maximum Gasteiger partial charge on any atom is 0.238 e. The number of aryl methyl sites for hydroxylation is 1. The van der Waals surface area contributed by atoms with Gasteiger partial charge in [-0.3, -0.25) is 9.69 Å². The number of benzene rings is 2. The van der Waals surface area contributed by atoms with Gasteiger partial charge in [-0.2, -0.15) is 0 Å². The number of nitrogens with one attached hydrogen (secondary N) is 1. The molecule has 0 saturated heterocycles. The summed E-state index contributed by atoms with van der Waals surface area (Å²) >= 11 is 0. The van der Waals surface area contributed by atoms with E-state index < -0.39 is 0 Å². The number of aliphatic hydroxyl groups is 1. The normalized spacial score (nSPS) is 10.7. The highest BCUT2D eigenvalue weighted by Crippen LogP contribution is 2.09. The molecule has 0 aromatic heterocycles. The van der Waals surface area contributed by atoms with Crippen LogP contribution in [-0.2, 0) is 11.2 Å². The van der Waals surface area contributed by atoms with E-state index in [2.05, 4.69) is 17.4 Å². The maximum absolute atomic E-state index is 12.2. The molecule has 122 valence electrons. The Morgan fingerprint density at radius 3 is 2.57 bits per heavy atom. The van der Waals surface area contributed by atoms with Crippen molar-refractivity contribution in [3.63, 3.8) is 0 Å². The Bertz CT molecular complexity index is 614. The first-order valence-corrected chi connectivity index (χ1v) is 7.91. The van der Waals surface area contributed by atoms with E-state index in [1.807, 2.05) is 54.3 Å². The van der Waals surface area contributed by atoms with E-state index in [1.54, 1.807) is 0 Å². The van der Waals surface area contributed by atoms with Crippen molar-refractivity contribution in [1.29, 1.82) is 0 Å². The van der Waals surface area contributed by atoms with E-state index in [1.165, 1.54) is 5.56 Å². The number of rotatable bonds is 8. The highest BCUT2D eigenvalue weighted by atomic mass is 16.3. The van der Waals surface area contributed by atoms with Crippen molar-refractivity contribution in [3.8, 4) is 0 Å². The summed E-state index contributed by atoms with van der Waals surface area (Å²) in [5, 5.41) is 12.1. The Morgan fingerprint density at radius 1 is 1.09 bits per heavy atom. The molecule has 0 aliphatic rings. The van der Waals surface area contributed by atoms with Gasteiger partial charge in [-0.15, -0.1) is 0 Å². The molecule has 0 unspecified atom stereocenters. The summed E-state index contributed by atoms with van der Waals surface area (Å²) in [5.74, 6) is -0.0582. The lowest BCUT2D eigenvalue weighted by atomic mass is 10.1. The molecule has 0 saturated carbocycles. The van der Waals surface area contributed by atoms with Crippen molar-refractivity contribution in [1.82, 2.24) is 4.90 Å². The third kappa shape index (κ3) is 6.22. The molecular formula is C19H24N2O2. The zero-order valence-electron chi connectivity index (χ0n) is 13.5. The van der Waals surface area contributed by atoms with E-state index in [0.29, 0.717) is 6.54 Å². The molecule has 2 aromatic rings. The third-order valence-electron chi connectivity index (χ3n) is 3.64. The number of aliphatic hydroxyl groups excluding tert-OH is 1. The van der Waals surface area contributed by atoms with Gasteiger partial charge in [0, 0.05) is 18.8 Å². The van der Waals surface area contributed by atoms with Crippen LogP contribution in [0.15, 0.2) is 54.6 Å². The molecular weight excluding hydrogens is 288 g/mol. The number of carbonyl (C=O) groups is 1. The maximum atomic E-state index is 12.2. The van der Waals surface area contributed by atoms with Crippen LogP contribution in [0.5, 0.6) is 0 Å². The summed E-state index contributed by atoms with van der Waals surface area (Å²) in [4.78, 5) is 14.2. The lowest BCUT2D eigenvalue weighted by molar-refractivity contribution is -0.117. The van der Waals surface area contributed by atoms with E-state index in [4.69, 9.17) is 0 Å². The first-order chi connectivity index (χ1) is 11.2. The summed E-state index contributed by atoms with van der Waals surface area (Å²) in [6.07, 6.45) is 0.860. The van der Waals surface area contributed by atoms with Gasteiger partial charge in [0.05, 0.1) is 13.2 Å². The minimum atomic E-state index is -0.0582. The van der Waals surface area contributed by atoms with Gasteiger partial charge >= 0.3 is 0 Å². The van der Waals surface area contributed by atoms with Crippen LogP contribution in [0.4, 0.5) is 5.69 Å². The first-order valence-electron chi connectivity index (χ1n) is 7.91. The van der Waals surface area contributed by atoms with Crippen LogP contribution in [-0.4, -0.2) is 42.2 Å². The second-order valence-electron chi connectivity index (χ2n) is 5.65. The first kappa shape index (κ1) is 17.2. The van der Waals surface area contributed by atoms with Crippen molar-refractivity contribution >= 4 is 11.6 Å². The molecule has 23 heavy (non-hydrogen) atoms. The Kier molecular flexibility index (Phi) is 6.78. The van der Waals surface area contributed by atoms with Gasteiger partial charge in [-0.25, -0.2) is 0 Å². The van der Waals surface area contributed by atoms with Gasteiger partial charge in [0.25, 0.3) is 0 Å². The molecule has 0 radical (unpaired) electrons. The van der Waals surface area contributed by atoms with Gasteiger partial charge in [0.15, 0.2) is 0 Å². The lowest BCUT2D eigenvalue weighted by Gasteiger charge is -2.20. The predicted octanol–water partition coefficient (Wildman–Crippen LogP) is 2.47. The zero-order chi connectivity index (χ0) is 16.5. The minimum Gasteiger partial charge on any atom is -0.395 e. The van der Waals surface area contributed by atoms with Crippen LogP contribution in [0.2, 0.25) is 0 Å². The number of nitrogens with zero attached hydrogens (tertiary/aromatic N) is 1. The molecule has 0 fully saturated rings. The van der Waals surface area contributed by atoms with Crippen LogP contribution in [0.25, 0.3) is 0 Å². The van der Waals surface area contributed by atoms with E-state index in [-0.39, 0.29) is 19.1 Å². The van der Waals surface area contributed by atoms with Crippen molar-refractivity contribution in [2.24, 2.45) is 0 Å². The third-order valence-corrected chi connectivity index (χ3v) is 3.64. The SMILES string of the molecule is Cc1cccc(NC(=O)CN(CCO)CCc2ccccc2)c1. The van der Waals surface area contributed by atoms with Gasteiger partial charge < -0.3 is 10.4 Å². The van der Waals surface area contributed by atoms with Gasteiger partial charge in [-0.05, 0) is 36.6 Å². The van der Waals surface area contributed by atoms with Gasteiger partial charge in [-0.1, -0.05) is 42.5 Å². The number of hydrogen-bond acceptors (Lipinski definition) is 3. The average Bonchev–Trinajstić information content (AvgIpc) is 2.54. The monoisotopic (exact) mass is 312 g/mol. The second kappa shape index (κ2) is 9.08. The van der Waals surface area contributed by atoms with Crippen molar-refractivity contribution in [2.45, 2.75) is 13.3 Å². The number of anilines is 1. The van der Waals surface area contributed by atoms with Crippen LogP contribution < -0.4 is 5.32 Å². The molecule has 1 amide bonds. The van der Waals surface area contributed by atoms with E-state index in [9.17, 15) is 9.90 Å². The molecule has 0 aliphatic heterocycles. The number of amides is 1. The summed E-state index contributed by atoms with van der Waals surface area (Å²) < 4.78 is 0. The highest BCUT2D eigenvalue weighted by molar-refractivity contribution is 5.92. The molecule has 4 heteroatoms.